The first-order valence-corrected chi connectivity index (χ1v) is 10.5. The Kier molecular flexibility index (Phi) is 10.9. The van der Waals surface area contributed by atoms with Crippen molar-refractivity contribution in [3.63, 3.8) is 0 Å². The number of hydrogen-bond donors (Lipinski definition) is 2. The maximum absolute atomic E-state index is 10.5. The lowest BCUT2D eigenvalue weighted by Gasteiger charge is -2.26. The van der Waals surface area contributed by atoms with Crippen molar-refractivity contribution in [1.29, 1.82) is 0 Å². The monoisotopic (exact) mass is 378 g/mol. The van der Waals surface area contributed by atoms with Crippen LogP contribution in [0, 0.1) is 0 Å². The Balaban J connectivity index is 2.40. The molecule has 0 spiro atoms. The fourth-order valence-electron chi connectivity index (χ4n) is 3.29. The number of unbranched alkanes of at least 4 members (excludes halogenated alkanes) is 7. The Bertz CT molecular complexity index is 551. The van der Waals surface area contributed by atoms with Gasteiger partial charge in [0, 0.05) is 12.5 Å². The summed E-state index contributed by atoms with van der Waals surface area (Å²) in [5, 5.41) is 18.7. The van der Waals surface area contributed by atoms with Crippen LogP contribution in [0.2, 0.25) is 0 Å². The Morgan fingerprint density at radius 1 is 0.963 bits per heavy atom. The van der Waals surface area contributed by atoms with E-state index < -0.39 is 5.97 Å². The van der Waals surface area contributed by atoms with Gasteiger partial charge in [-0.3, -0.25) is 4.79 Å². The Labute approximate surface area is 164 Å². The molecule has 4 heteroatoms. The lowest BCUT2D eigenvalue weighted by Crippen LogP contribution is -2.17. The lowest BCUT2D eigenvalue weighted by molar-refractivity contribution is -0.137. The van der Waals surface area contributed by atoms with Crippen molar-refractivity contribution in [1.82, 2.24) is 0 Å². The van der Waals surface area contributed by atoms with Gasteiger partial charge in [0.25, 0.3) is 0 Å². The fraction of sp³-hybridized carbons (Fsp3) is 0.696. The van der Waals surface area contributed by atoms with Crippen molar-refractivity contribution < 1.29 is 19.7 Å². The van der Waals surface area contributed by atoms with Crippen molar-refractivity contribution in [3.05, 3.63) is 23.8 Å². The molecule has 1 aromatic rings. The summed E-state index contributed by atoms with van der Waals surface area (Å²) >= 11 is 0. The van der Waals surface area contributed by atoms with E-state index in [1.54, 1.807) is 6.07 Å². The van der Waals surface area contributed by atoms with E-state index in [0.29, 0.717) is 6.61 Å². The quantitative estimate of drug-likeness (QED) is 0.344. The van der Waals surface area contributed by atoms with Crippen LogP contribution < -0.4 is 4.74 Å². The van der Waals surface area contributed by atoms with E-state index in [-0.39, 0.29) is 17.6 Å². The third kappa shape index (κ3) is 10.3. The maximum Gasteiger partial charge on any atom is 0.303 e. The van der Waals surface area contributed by atoms with Gasteiger partial charge in [0.15, 0.2) is 0 Å². The summed E-state index contributed by atoms with van der Waals surface area (Å²) < 4.78 is 5.86. The SMILES string of the molecule is CCCCCCC(C)(C)c1cc(O)cc(OCCCCCCCC(=O)O)c1. The normalized spacial score (nSPS) is 11.5. The standard InChI is InChI=1S/C23H38O4/c1-4-5-6-11-14-23(2,3)19-16-20(24)18-21(17-19)27-15-12-9-7-8-10-13-22(25)26/h16-18,24H,4-15H2,1-3H3,(H,25,26). The van der Waals surface area contributed by atoms with Crippen LogP contribution in [0.1, 0.15) is 97.0 Å². The molecule has 0 fully saturated rings. The molecule has 0 aliphatic carbocycles. The lowest BCUT2D eigenvalue weighted by atomic mass is 9.80. The van der Waals surface area contributed by atoms with Crippen LogP contribution in [0.15, 0.2) is 18.2 Å². The van der Waals surface area contributed by atoms with E-state index in [0.717, 1.165) is 49.8 Å². The van der Waals surface area contributed by atoms with Gasteiger partial charge in [0.05, 0.1) is 6.61 Å². The van der Waals surface area contributed by atoms with Gasteiger partial charge in [-0.2, -0.15) is 0 Å². The van der Waals surface area contributed by atoms with Gasteiger partial charge in [-0.05, 0) is 42.4 Å². The molecule has 0 bridgehead atoms. The molecule has 4 nitrogen and oxygen atoms in total. The van der Waals surface area contributed by atoms with Gasteiger partial charge in [-0.25, -0.2) is 0 Å². The third-order valence-electron chi connectivity index (χ3n) is 5.13. The summed E-state index contributed by atoms with van der Waals surface area (Å²) in [6, 6.07) is 5.60. The highest BCUT2D eigenvalue weighted by molar-refractivity contribution is 5.66. The van der Waals surface area contributed by atoms with E-state index in [2.05, 4.69) is 26.8 Å². The third-order valence-corrected chi connectivity index (χ3v) is 5.13. The molecule has 0 saturated heterocycles. The molecule has 0 aliphatic heterocycles. The Morgan fingerprint density at radius 2 is 1.63 bits per heavy atom. The summed E-state index contributed by atoms with van der Waals surface area (Å²) in [5.41, 5.74) is 1.15. The largest absolute Gasteiger partial charge is 0.508 e. The minimum absolute atomic E-state index is 0.0226. The summed E-state index contributed by atoms with van der Waals surface area (Å²) in [4.78, 5) is 10.5. The zero-order valence-corrected chi connectivity index (χ0v) is 17.4. The van der Waals surface area contributed by atoms with E-state index in [4.69, 9.17) is 9.84 Å². The number of benzene rings is 1. The summed E-state index contributed by atoms with van der Waals surface area (Å²) in [6.45, 7) is 7.31. The first kappa shape index (κ1) is 23.3. The molecule has 0 atom stereocenters. The van der Waals surface area contributed by atoms with Crippen molar-refractivity contribution >= 4 is 5.97 Å². The minimum atomic E-state index is -0.716. The van der Waals surface area contributed by atoms with Gasteiger partial charge in [0.1, 0.15) is 11.5 Å². The Hall–Kier alpha value is -1.71. The molecule has 27 heavy (non-hydrogen) atoms. The summed E-state index contributed by atoms with van der Waals surface area (Å²) in [7, 11) is 0. The topological polar surface area (TPSA) is 66.8 Å². The number of rotatable bonds is 15. The van der Waals surface area contributed by atoms with Gasteiger partial charge in [-0.1, -0.05) is 65.7 Å². The van der Waals surface area contributed by atoms with Crippen LogP contribution in [-0.4, -0.2) is 22.8 Å². The molecule has 154 valence electrons. The number of ether oxygens (including phenoxy) is 1. The van der Waals surface area contributed by atoms with Crippen molar-refractivity contribution in [3.8, 4) is 11.5 Å². The average Bonchev–Trinajstić information content (AvgIpc) is 2.60. The maximum atomic E-state index is 10.5. The second-order valence-electron chi connectivity index (χ2n) is 8.17. The van der Waals surface area contributed by atoms with Crippen LogP contribution in [0.25, 0.3) is 0 Å². The zero-order valence-electron chi connectivity index (χ0n) is 17.4. The second-order valence-corrected chi connectivity index (χ2v) is 8.17. The fourth-order valence-corrected chi connectivity index (χ4v) is 3.29. The highest BCUT2D eigenvalue weighted by atomic mass is 16.5. The zero-order chi connectivity index (χ0) is 20.1. The van der Waals surface area contributed by atoms with Crippen LogP contribution in [0.4, 0.5) is 0 Å². The van der Waals surface area contributed by atoms with Gasteiger partial charge < -0.3 is 14.9 Å². The predicted octanol–water partition coefficient (Wildman–Crippen LogP) is 6.44. The van der Waals surface area contributed by atoms with E-state index in [1.165, 1.54) is 25.7 Å². The van der Waals surface area contributed by atoms with Crippen molar-refractivity contribution in [2.45, 2.75) is 96.8 Å². The van der Waals surface area contributed by atoms with Gasteiger partial charge >= 0.3 is 5.97 Å². The van der Waals surface area contributed by atoms with Crippen LogP contribution in [0.3, 0.4) is 0 Å². The van der Waals surface area contributed by atoms with Crippen LogP contribution >= 0.6 is 0 Å². The number of hydrogen-bond acceptors (Lipinski definition) is 3. The van der Waals surface area contributed by atoms with E-state index in [1.807, 2.05) is 6.07 Å². The molecule has 1 aromatic carbocycles. The average molecular weight is 379 g/mol. The number of phenolic OH excluding ortho intramolecular Hbond substituents is 1. The number of carboxylic acids is 1. The van der Waals surface area contributed by atoms with Crippen LogP contribution in [0.5, 0.6) is 11.5 Å². The molecule has 0 unspecified atom stereocenters. The Morgan fingerprint density at radius 3 is 2.33 bits per heavy atom. The van der Waals surface area contributed by atoms with Crippen LogP contribution in [-0.2, 0) is 10.2 Å². The highest BCUT2D eigenvalue weighted by Crippen LogP contribution is 2.34. The first-order valence-electron chi connectivity index (χ1n) is 10.5. The number of aromatic hydroxyl groups is 1. The second kappa shape index (κ2) is 12.6. The highest BCUT2D eigenvalue weighted by Gasteiger charge is 2.21. The predicted molar refractivity (Wildman–Crippen MR) is 111 cm³/mol. The number of phenols is 1. The number of carbonyl (C=O) groups is 1. The molecule has 1 rings (SSSR count). The van der Waals surface area contributed by atoms with Gasteiger partial charge in [-0.15, -0.1) is 0 Å². The molecule has 2 N–H and O–H groups in total. The van der Waals surface area contributed by atoms with Crippen molar-refractivity contribution in [2.24, 2.45) is 0 Å². The minimum Gasteiger partial charge on any atom is -0.508 e. The molecule has 0 aliphatic rings. The van der Waals surface area contributed by atoms with Gasteiger partial charge in [0.2, 0.25) is 0 Å². The molecule has 0 amide bonds. The number of aliphatic carboxylic acids is 1. The molecular weight excluding hydrogens is 340 g/mol. The molecule has 0 radical (unpaired) electrons. The summed E-state index contributed by atoms with van der Waals surface area (Å²) in [6.07, 6.45) is 11.1. The molecule has 0 saturated carbocycles. The van der Waals surface area contributed by atoms with E-state index >= 15 is 0 Å². The molecule has 0 aromatic heterocycles. The molecular formula is C23H38O4. The number of carboxylic acid groups (broad SMARTS) is 1. The first-order chi connectivity index (χ1) is 12.8. The van der Waals surface area contributed by atoms with E-state index in [9.17, 15) is 9.90 Å². The smallest absolute Gasteiger partial charge is 0.303 e. The van der Waals surface area contributed by atoms with Crippen molar-refractivity contribution in [2.75, 3.05) is 6.61 Å². The molecule has 0 heterocycles. The summed E-state index contributed by atoms with van der Waals surface area (Å²) in [5.74, 6) is 0.279.